The summed E-state index contributed by atoms with van der Waals surface area (Å²) in [6, 6.07) is 3.32. The predicted molar refractivity (Wildman–Crippen MR) is 76.6 cm³/mol. The van der Waals surface area contributed by atoms with E-state index in [0.29, 0.717) is 28.3 Å². The molecule has 0 aliphatic heterocycles. The van der Waals surface area contributed by atoms with Crippen molar-refractivity contribution in [2.45, 2.75) is 38.7 Å². The van der Waals surface area contributed by atoms with E-state index in [1.54, 1.807) is 26.0 Å². The summed E-state index contributed by atoms with van der Waals surface area (Å²) >= 11 is 0. The lowest BCUT2D eigenvalue weighted by Gasteiger charge is -2.16. The van der Waals surface area contributed by atoms with Crippen LogP contribution in [0.1, 0.15) is 25.0 Å². The molecule has 0 aliphatic rings. The molecular formula is C13H22N2O3S. The highest BCUT2D eigenvalue weighted by atomic mass is 32.2. The van der Waals surface area contributed by atoms with Crippen LogP contribution >= 0.6 is 0 Å². The van der Waals surface area contributed by atoms with Gasteiger partial charge in [-0.1, -0.05) is 0 Å². The normalized spacial score (nSPS) is 13.5. The van der Waals surface area contributed by atoms with Crippen molar-refractivity contribution in [2.75, 3.05) is 18.9 Å². The zero-order valence-electron chi connectivity index (χ0n) is 11.9. The van der Waals surface area contributed by atoms with Crippen LogP contribution in [-0.2, 0) is 14.8 Å². The zero-order chi connectivity index (χ0) is 14.6. The van der Waals surface area contributed by atoms with Crippen LogP contribution in [-0.4, -0.2) is 27.7 Å². The molecule has 5 nitrogen and oxygen atoms in total. The Kier molecular flexibility index (Phi) is 5.34. The summed E-state index contributed by atoms with van der Waals surface area (Å²) in [5.41, 5.74) is 7.56. The monoisotopic (exact) mass is 286 g/mol. The van der Waals surface area contributed by atoms with Crippen molar-refractivity contribution in [3.8, 4) is 0 Å². The van der Waals surface area contributed by atoms with E-state index in [2.05, 4.69) is 4.72 Å². The number of benzene rings is 1. The van der Waals surface area contributed by atoms with Crippen LogP contribution in [0.25, 0.3) is 0 Å². The van der Waals surface area contributed by atoms with Gasteiger partial charge >= 0.3 is 0 Å². The molecule has 0 radical (unpaired) electrons. The summed E-state index contributed by atoms with van der Waals surface area (Å²) in [5.74, 6) is 0. The third-order valence-electron chi connectivity index (χ3n) is 2.76. The maximum Gasteiger partial charge on any atom is 0.241 e. The van der Waals surface area contributed by atoms with E-state index >= 15 is 0 Å². The van der Waals surface area contributed by atoms with Gasteiger partial charge in [0.05, 0.1) is 11.0 Å². The highest BCUT2D eigenvalue weighted by molar-refractivity contribution is 7.89. The molecule has 0 bridgehead atoms. The Balaban J connectivity index is 2.95. The summed E-state index contributed by atoms with van der Waals surface area (Å²) < 4.78 is 32.4. The maximum absolute atomic E-state index is 12.3. The largest absolute Gasteiger partial charge is 0.399 e. The smallest absolute Gasteiger partial charge is 0.241 e. The van der Waals surface area contributed by atoms with Crippen molar-refractivity contribution in [3.63, 3.8) is 0 Å². The summed E-state index contributed by atoms with van der Waals surface area (Å²) in [6.45, 7) is 7.99. The second-order valence-electron chi connectivity index (χ2n) is 4.60. The van der Waals surface area contributed by atoms with E-state index in [1.165, 1.54) is 0 Å². The summed E-state index contributed by atoms with van der Waals surface area (Å²) in [7, 11) is -3.54. The van der Waals surface area contributed by atoms with Gasteiger partial charge in [-0.15, -0.1) is 0 Å². The summed E-state index contributed by atoms with van der Waals surface area (Å²) in [4.78, 5) is 0.297. The predicted octanol–water partition coefficient (Wildman–Crippen LogP) is 1.59. The van der Waals surface area contributed by atoms with Crippen LogP contribution in [0, 0.1) is 13.8 Å². The van der Waals surface area contributed by atoms with Gasteiger partial charge in [-0.2, -0.15) is 0 Å². The third-order valence-corrected chi connectivity index (χ3v) is 4.49. The fourth-order valence-corrected chi connectivity index (χ4v) is 3.61. The van der Waals surface area contributed by atoms with Crippen LogP contribution in [0.5, 0.6) is 0 Å². The zero-order valence-corrected chi connectivity index (χ0v) is 12.7. The van der Waals surface area contributed by atoms with Crippen LogP contribution in [0.15, 0.2) is 17.0 Å². The van der Waals surface area contributed by atoms with E-state index in [9.17, 15) is 8.42 Å². The van der Waals surface area contributed by atoms with Crippen molar-refractivity contribution in [1.82, 2.24) is 4.72 Å². The second kappa shape index (κ2) is 6.36. The molecule has 0 aliphatic carbocycles. The van der Waals surface area contributed by atoms with Crippen LogP contribution in [0.4, 0.5) is 5.69 Å². The molecule has 1 unspecified atom stereocenters. The maximum atomic E-state index is 12.3. The molecule has 108 valence electrons. The molecule has 1 aromatic carbocycles. The van der Waals surface area contributed by atoms with E-state index in [1.807, 2.05) is 13.8 Å². The molecule has 19 heavy (non-hydrogen) atoms. The lowest BCUT2D eigenvalue weighted by atomic mass is 10.1. The van der Waals surface area contributed by atoms with Crippen LogP contribution in [0.2, 0.25) is 0 Å². The van der Waals surface area contributed by atoms with Gasteiger partial charge in [0.15, 0.2) is 0 Å². The summed E-state index contributed by atoms with van der Waals surface area (Å²) in [6.07, 6.45) is -0.158. The first-order chi connectivity index (χ1) is 8.77. The first-order valence-corrected chi connectivity index (χ1v) is 7.74. The van der Waals surface area contributed by atoms with Gasteiger partial charge in [0.25, 0.3) is 0 Å². The highest BCUT2D eigenvalue weighted by Gasteiger charge is 2.20. The number of hydrogen-bond acceptors (Lipinski definition) is 4. The Labute approximate surface area is 115 Å². The molecule has 1 atom stereocenters. The average molecular weight is 286 g/mol. The van der Waals surface area contributed by atoms with E-state index in [0.717, 1.165) is 0 Å². The Morgan fingerprint density at radius 3 is 2.32 bits per heavy atom. The highest BCUT2D eigenvalue weighted by Crippen LogP contribution is 2.22. The van der Waals surface area contributed by atoms with Gasteiger partial charge in [-0.3, -0.25) is 0 Å². The molecule has 1 rings (SSSR count). The SMILES string of the molecule is CCOC(C)CNS(=O)(=O)c1c(C)cc(N)cc1C. The van der Waals surface area contributed by atoms with Crippen molar-refractivity contribution in [2.24, 2.45) is 0 Å². The number of sulfonamides is 1. The minimum absolute atomic E-state index is 0.158. The second-order valence-corrected chi connectivity index (χ2v) is 6.31. The molecule has 0 heterocycles. The number of nitrogen functional groups attached to an aromatic ring is 1. The standard InChI is InChI=1S/C13H22N2O3S/c1-5-18-11(4)8-15-19(16,17)13-9(2)6-12(14)7-10(13)3/h6-7,11,15H,5,8,14H2,1-4H3. The Morgan fingerprint density at radius 1 is 1.32 bits per heavy atom. The van der Waals surface area contributed by atoms with E-state index < -0.39 is 10.0 Å². The van der Waals surface area contributed by atoms with Gasteiger partial charge in [0.2, 0.25) is 10.0 Å². The quantitative estimate of drug-likeness (QED) is 0.778. The molecule has 0 spiro atoms. The number of hydrogen-bond donors (Lipinski definition) is 2. The minimum Gasteiger partial charge on any atom is -0.399 e. The van der Waals surface area contributed by atoms with Gasteiger partial charge in [-0.25, -0.2) is 13.1 Å². The first kappa shape index (κ1) is 15.9. The van der Waals surface area contributed by atoms with Crippen LogP contribution in [0.3, 0.4) is 0 Å². The minimum atomic E-state index is -3.54. The molecule has 0 saturated carbocycles. The molecule has 3 N–H and O–H groups in total. The lowest BCUT2D eigenvalue weighted by molar-refractivity contribution is 0.0799. The fourth-order valence-electron chi connectivity index (χ4n) is 2.05. The van der Waals surface area contributed by atoms with Crippen molar-refractivity contribution < 1.29 is 13.2 Å². The molecule has 1 aromatic rings. The first-order valence-electron chi connectivity index (χ1n) is 6.26. The Hall–Kier alpha value is -1.11. The van der Waals surface area contributed by atoms with Crippen molar-refractivity contribution in [3.05, 3.63) is 23.3 Å². The van der Waals surface area contributed by atoms with Gasteiger partial charge in [0.1, 0.15) is 0 Å². The van der Waals surface area contributed by atoms with Crippen molar-refractivity contribution in [1.29, 1.82) is 0 Å². The lowest BCUT2D eigenvalue weighted by Crippen LogP contribution is -2.33. The molecule has 0 aromatic heterocycles. The molecule has 0 fully saturated rings. The fraction of sp³-hybridized carbons (Fsp3) is 0.538. The topological polar surface area (TPSA) is 81.4 Å². The number of anilines is 1. The Morgan fingerprint density at radius 2 is 1.84 bits per heavy atom. The number of ether oxygens (including phenoxy) is 1. The molecular weight excluding hydrogens is 264 g/mol. The van der Waals surface area contributed by atoms with Crippen LogP contribution < -0.4 is 10.5 Å². The van der Waals surface area contributed by atoms with E-state index in [-0.39, 0.29) is 12.6 Å². The molecule has 0 amide bonds. The number of rotatable bonds is 6. The van der Waals surface area contributed by atoms with Gasteiger partial charge in [-0.05, 0) is 51.0 Å². The summed E-state index contributed by atoms with van der Waals surface area (Å²) in [5, 5.41) is 0. The molecule has 0 saturated heterocycles. The average Bonchev–Trinajstić information content (AvgIpc) is 2.25. The van der Waals surface area contributed by atoms with E-state index in [4.69, 9.17) is 10.5 Å². The number of aryl methyl sites for hydroxylation is 2. The number of nitrogens with one attached hydrogen (secondary N) is 1. The van der Waals surface area contributed by atoms with Crippen molar-refractivity contribution >= 4 is 15.7 Å². The third kappa shape index (κ3) is 4.19. The Bertz CT molecular complexity index is 518. The van der Waals surface area contributed by atoms with Gasteiger partial charge in [0, 0.05) is 18.8 Å². The molecule has 6 heteroatoms. The van der Waals surface area contributed by atoms with Gasteiger partial charge < -0.3 is 10.5 Å². The number of nitrogens with two attached hydrogens (primary N) is 1.